The number of para-hydroxylation sites is 1. The molecular weight excluding hydrogens is 423 g/mol. The van der Waals surface area contributed by atoms with Gasteiger partial charge in [0.15, 0.2) is 0 Å². The van der Waals surface area contributed by atoms with E-state index in [0.717, 1.165) is 4.90 Å². The van der Waals surface area contributed by atoms with E-state index in [-0.39, 0.29) is 16.5 Å². The summed E-state index contributed by atoms with van der Waals surface area (Å²) in [6.07, 6.45) is 0. The molecule has 3 aromatic carbocycles. The van der Waals surface area contributed by atoms with Crippen LogP contribution in [0, 0.1) is 12.7 Å². The van der Waals surface area contributed by atoms with Crippen molar-refractivity contribution in [2.24, 2.45) is 0 Å². The Morgan fingerprint density at radius 2 is 1.67 bits per heavy atom. The minimum atomic E-state index is -0.884. The number of aromatic nitrogens is 2. The molecule has 0 spiro atoms. The summed E-state index contributed by atoms with van der Waals surface area (Å²) in [6, 6.07) is 23.0. The fraction of sp³-hybridized carbons (Fsp3) is 0.0435. The molecule has 1 heterocycles. The quantitative estimate of drug-likeness (QED) is 0.341. The van der Waals surface area contributed by atoms with Gasteiger partial charge in [-0.25, -0.2) is 9.18 Å². The summed E-state index contributed by atoms with van der Waals surface area (Å²) < 4.78 is 21.5. The highest BCUT2D eigenvalue weighted by Crippen LogP contribution is 2.39. The zero-order valence-corrected chi connectivity index (χ0v) is 17.5. The first-order valence-corrected chi connectivity index (χ1v) is 10.3. The smallest absolute Gasteiger partial charge is 0.349 e. The molecule has 0 saturated heterocycles. The van der Waals surface area contributed by atoms with Crippen LogP contribution in [-0.2, 0) is 0 Å². The molecule has 0 fully saturated rings. The highest BCUT2D eigenvalue weighted by Gasteiger charge is 2.25. The number of nitrogens with zero attached hydrogens (tertiary/aromatic N) is 2. The van der Waals surface area contributed by atoms with E-state index in [1.165, 1.54) is 34.6 Å². The van der Waals surface area contributed by atoms with Crippen LogP contribution in [0.3, 0.4) is 0 Å². The Hall–Kier alpha value is -3.09. The van der Waals surface area contributed by atoms with Crippen molar-refractivity contribution in [3.8, 4) is 11.6 Å². The highest BCUT2D eigenvalue weighted by molar-refractivity contribution is 7.99. The number of rotatable bonds is 5. The summed E-state index contributed by atoms with van der Waals surface area (Å²) in [7, 11) is 0. The number of hydrogen-bond acceptors (Lipinski definition) is 4. The number of esters is 1. The Morgan fingerprint density at radius 1 is 1.00 bits per heavy atom. The van der Waals surface area contributed by atoms with Crippen LogP contribution >= 0.6 is 23.4 Å². The lowest BCUT2D eigenvalue weighted by atomic mass is 10.2. The molecule has 0 aliphatic carbocycles. The largest absolute Gasteiger partial charge is 0.402 e. The van der Waals surface area contributed by atoms with E-state index >= 15 is 0 Å². The van der Waals surface area contributed by atoms with Gasteiger partial charge in [0.25, 0.3) is 0 Å². The molecule has 7 heteroatoms. The number of ether oxygens (including phenoxy) is 1. The maximum atomic E-state index is 14.3. The third-order valence-corrected chi connectivity index (χ3v) is 5.78. The van der Waals surface area contributed by atoms with E-state index in [4.69, 9.17) is 16.3 Å². The van der Waals surface area contributed by atoms with Crippen LogP contribution in [0.4, 0.5) is 4.39 Å². The Morgan fingerprint density at radius 3 is 2.33 bits per heavy atom. The molecule has 0 radical (unpaired) electrons. The standard InChI is InChI=1S/C23H16ClFN2O2S/c1-15-21(30-17-11-6-3-7-12-17)22(27(26-15)16-9-4-2-5-10-16)29-23(28)20-18(24)13-8-14-19(20)25/h2-14H,1H3. The lowest BCUT2D eigenvalue weighted by Crippen LogP contribution is -2.14. The molecule has 0 aliphatic rings. The lowest BCUT2D eigenvalue weighted by Gasteiger charge is -2.11. The van der Waals surface area contributed by atoms with Crippen molar-refractivity contribution in [2.75, 3.05) is 0 Å². The second-order valence-electron chi connectivity index (χ2n) is 6.37. The number of halogens is 2. The van der Waals surface area contributed by atoms with Crippen LogP contribution in [0.15, 0.2) is 88.7 Å². The van der Waals surface area contributed by atoms with Gasteiger partial charge in [0.05, 0.1) is 21.3 Å². The Bertz CT molecular complexity index is 1180. The van der Waals surface area contributed by atoms with Gasteiger partial charge in [0, 0.05) is 4.90 Å². The van der Waals surface area contributed by atoms with Crippen molar-refractivity contribution in [3.05, 3.63) is 101 Å². The Kier molecular flexibility index (Phi) is 5.88. The Labute approximate surface area is 182 Å². The van der Waals surface area contributed by atoms with Crippen LogP contribution in [0.5, 0.6) is 5.88 Å². The number of aryl methyl sites for hydroxylation is 1. The van der Waals surface area contributed by atoms with Crippen molar-refractivity contribution in [3.63, 3.8) is 0 Å². The van der Waals surface area contributed by atoms with Gasteiger partial charge in [-0.3, -0.25) is 0 Å². The molecule has 0 atom stereocenters. The van der Waals surface area contributed by atoms with E-state index < -0.39 is 11.8 Å². The number of carbonyl (C=O) groups excluding carboxylic acids is 1. The summed E-state index contributed by atoms with van der Waals surface area (Å²) in [6.45, 7) is 1.83. The molecule has 4 rings (SSSR count). The van der Waals surface area contributed by atoms with E-state index in [2.05, 4.69) is 5.10 Å². The first-order valence-electron chi connectivity index (χ1n) is 9.08. The zero-order chi connectivity index (χ0) is 21.1. The van der Waals surface area contributed by atoms with Gasteiger partial charge >= 0.3 is 5.97 Å². The fourth-order valence-corrected chi connectivity index (χ4v) is 4.05. The second-order valence-corrected chi connectivity index (χ2v) is 7.86. The van der Waals surface area contributed by atoms with Gasteiger partial charge in [-0.1, -0.05) is 65.8 Å². The molecule has 4 aromatic rings. The second kappa shape index (κ2) is 8.73. The van der Waals surface area contributed by atoms with Crippen LogP contribution in [0.25, 0.3) is 5.69 Å². The fourth-order valence-electron chi connectivity index (χ4n) is 2.88. The summed E-state index contributed by atoms with van der Waals surface area (Å²) >= 11 is 7.47. The van der Waals surface area contributed by atoms with Gasteiger partial charge in [0.2, 0.25) is 5.88 Å². The van der Waals surface area contributed by atoms with Crippen LogP contribution in [0.2, 0.25) is 5.02 Å². The first kappa shape index (κ1) is 20.2. The third-order valence-electron chi connectivity index (χ3n) is 4.29. The van der Waals surface area contributed by atoms with Crippen molar-refractivity contribution in [1.82, 2.24) is 9.78 Å². The molecular formula is C23H16ClFN2O2S. The maximum absolute atomic E-state index is 14.3. The molecule has 0 unspecified atom stereocenters. The number of hydrogen-bond donors (Lipinski definition) is 0. The predicted molar refractivity (Wildman–Crippen MR) is 115 cm³/mol. The molecule has 0 aliphatic heterocycles. The highest BCUT2D eigenvalue weighted by atomic mass is 35.5. The van der Waals surface area contributed by atoms with Crippen molar-refractivity contribution in [2.45, 2.75) is 16.7 Å². The van der Waals surface area contributed by atoms with Crippen LogP contribution in [0.1, 0.15) is 16.1 Å². The monoisotopic (exact) mass is 438 g/mol. The van der Waals surface area contributed by atoms with E-state index in [0.29, 0.717) is 16.3 Å². The zero-order valence-electron chi connectivity index (χ0n) is 15.9. The van der Waals surface area contributed by atoms with Gasteiger partial charge in [-0.05, 0) is 43.3 Å². The van der Waals surface area contributed by atoms with Gasteiger partial charge in [-0.2, -0.15) is 9.78 Å². The van der Waals surface area contributed by atoms with Gasteiger partial charge in [0.1, 0.15) is 11.4 Å². The Balaban J connectivity index is 1.80. The summed E-state index contributed by atoms with van der Waals surface area (Å²) in [4.78, 5) is 14.5. The van der Waals surface area contributed by atoms with Crippen molar-refractivity contribution in [1.29, 1.82) is 0 Å². The molecule has 0 bridgehead atoms. The molecule has 0 N–H and O–H groups in total. The third kappa shape index (κ3) is 4.10. The van der Waals surface area contributed by atoms with E-state index in [1.54, 1.807) is 0 Å². The molecule has 150 valence electrons. The SMILES string of the molecule is Cc1nn(-c2ccccc2)c(OC(=O)c2c(F)cccc2Cl)c1Sc1ccccc1. The first-order chi connectivity index (χ1) is 14.5. The summed E-state index contributed by atoms with van der Waals surface area (Å²) in [5.41, 5.74) is 1.08. The van der Waals surface area contributed by atoms with Crippen molar-refractivity contribution >= 4 is 29.3 Å². The average Bonchev–Trinajstić information content (AvgIpc) is 3.05. The minimum absolute atomic E-state index is 0.0141. The number of carbonyl (C=O) groups is 1. The normalized spacial score (nSPS) is 10.8. The van der Waals surface area contributed by atoms with Crippen molar-refractivity contribution < 1.29 is 13.9 Å². The topological polar surface area (TPSA) is 44.1 Å². The summed E-state index contributed by atoms with van der Waals surface area (Å²) in [5, 5.41) is 4.55. The van der Waals surface area contributed by atoms with Gasteiger partial charge in [-0.15, -0.1) is 0 Å². The lowest BCUT2D eigenvalue weighted by molar-refractivity contribution is 0.0713. The molecule has 0 saturated carbocycles. The molecule has 4 nitrogen and oxygen atoms in total. The average molecular weight is 439 g/mol. The van der Waals surface area contributed by atoms with Crippen LogP contribution in [-0.4, -0.2) is 15.7 Å². The molecule has 30 heavy (non-hydrogen) atoms. The number of benzene rings is 3. The van der Waals surface area contributed by atoms with E-state index in [1.807, 2.05) is 67.6 Å². The maximum Gasteiger partial charge on any atom is 0.349 e. The molecule has 0 amide bonds. The molecule has 1 aromatic heterocycles. The minimum Gasteiger partial charge on any atom is -0.402 e. The van der Waals surface area contributed by atoms with Gasteiger partial charge < -0.3 is 4.74 Å². The summed E-state index contributed by atoms with van der Waals surface area (Å²) in [5.74, 6) is -1.42. The van der Waals surface area contributed by atoms with E-state index in [9.17, 15) is 9.18 Å². The predicted octanol–water partition coefficient (Wildman–Crippen LogP) is 6.34. The van der Waals surface area contributed by atoms with Crippen LogP contribution < -0.4 is 4.74 Å².